The third kappa shape index (κ3) is 1.49. The first-order valence-electron chi connectivity index (χ1n) is 7.78. The van der Waals surface area contributed by atoms with Crippen molar-refractivity contribution in [1.29, 1.82) is 0 Å². The van der Waals surface area contributed by atoms with Gasteiger partial charge in [0.05, 0.1) is 0 Å². The number of allylic oxidation sites excluding steroid dienone is 4. The number of hydrogen-bond donors (Lipinski definition) is 0. The maximum Gasteiger partial charge on any atom is 0.140 e. The normalized spacial score (nSPS) is 42.6. The van der Waals surface area contributed by atoms with Crippen molar-refractivity contribution in [3.63, 3.8) is 0 Å². The van der Waals surface area contributed by atoms with Crippen molar-refractivity contribution in [2.24, 2.45) is 23.7 Å². The molecule has 0 aromatic rings. The molecule has 0 amide bonds. The molecule has 18 heavy (non-hydrogen) atoms. The Morgan fingerprint density at radius 1 is 1.00 bits per heavy atom. The van der Waals surface area contributed by atoms with Gasteiger partial charge in [-0.25, -0.2) is 0 Å². The highest BCUT2D eigenvalue weighted by molar-refractivity contribution is 5.85. The van der Waals surface area contributed by atoms with Gasteiger partial charge in [0, 0.05) is 12.3 Å². The topological polar surface area (TPSA) is 17.1 Å². The third-order valence-corrected chi connectivity index (χ3v) is 5.89. The maximum atomic E-state index is 11.9. The van der Waals surface area contributed by atoms with Crippen LogP contribution < -0.4 is 0 Å². The summed E-state index contributed by atoms with van der Waals surface area (Å²) in [7, 11) is 0. The summed E-state index contributed by atoms with van der Waals surface area (Å²) in [6.07, 6.45) is 14.9. The van der Waals surface area contributed by atoms with Crippen LogP contribution in [-0.4, -0.2) is 5.78 Å². The first kappa shape index (κ1) is 11.0. The van der Waals surface area contributed by atoms with E-state index in [1.807, 2.05) is 0 Å². The molecule has 0 aromatic heterocycles. The molecule has 0 aliphatic heterocycles. The van der Waals surface area contributed by atoms with E-state index in [2.05, 4.69) is 12.2 Å². The van der Waals surface area contributed by atoms with Crippen molar-refractivity contribution >= 4 is 5.78 Å². The van der Waals surface area contributed by atoms with Crippen LogP contribution in [0.5, 0.6) is 0 Å². The van der Waals surface area contributed by atoms with Crippen molar-refractivity contribution in [2.45, 2.75) is 51.4 Å². The van der Waals surface area contributed by atoms with Crippen LogP contribution in [0.2, 0.25) is 0 Å². The summed E-state index contributed by atoms with van der Waals surface area (Å²) < 4.78 is 0. The second-order valence-corrected chi connectivity index (χ2v) is 6.66. The molecule has 4 atom stereocenters. The Morgan fingerprint density at radius 2 is 1.94 bits per heavy atom. The van der Waals surface area contributed by atoms with Crippen molar-refractivity contribution < 1.29 is 4.79 Å². The van der Waals surface area contributed by atoms with Crippen LogP contribution in [0.25, 0.3) is 0 Å². The first-order valence-corrected chi connectivity index (χ1v) is 7.78. The molecule has 1 heteroatoms. The molecular weight excluding hydrogens is 220 g/mol. The SMILES string of the molecule is O=C1CCC2C1C=CC1=C3CCCCC3CCC12. The maximum absolute atomic E-state index is 11.9. The summed E-state index contributed by atoms with van der Waals surface area (Å²) in [6.45, 7) is 0. The molecule has 2 fully saturated rings. The Morgan fingerprint density at radius 3 is 2.89 bits per heavy atom. The minimum Gasteiger partial charge on any atom is -0.299 e. The number of carbonyl (C=O) groups excluding carboxylic acids is 1. The molecule has 4 unspecified atom stereocenters. The van der Waals surface area contributed by atoms with Gasteiger partial charge in [0.1, 0.15) is 5.78 Å². The Bertz CT molecular complexity index is 443. The lowest BCUT2D eigenvalue weighted by molar-refractivity contribution is -0.120. The fourth-order valence-electron chi connectivity index (χ4n) is 5.04. The molecule has 0 spiro atoms. The Balaban J connectivity index is 1.75. The van der Waals surface area contributed by atoms with E-state index in [0.29, 0.717) is 11.7 Å². The molecule has 4 rings (SSSR count). The van der Waals surface area contributed by atoms with Crippen LogP contribution in [-0.2, 0) is 4.79 Å². The van der Waals surface area contributed by atoms with E-state index < -0.39 is 0 Å². The largest absolute Gasteiger partial charge is 0.299 e. The van der Waals surface area contributed by atoms with Gasteiger partial charge in [-0.2, -0.15) is 0 Å². The quantitative estimate of drug-likeness (QED) is 0.626. The van der Waals surface area contributed by atoms with Crippen LogP contribution in [0.3, 0.4) is 0 Å². The zero-order valence-electron chi connectivity index (χ0n) is 11.0. The molecule has 4 aliphatic carbocycles. The molecule has 0 bridgehead atoms. The second-order valence-electron chi connectivity index (χ2n) is 6.66. The van der Waals surface area contributed by atoms with E-state index in [4.69, 9.17) is 0 Å². The van der Waals surface area contributed by atoms with Gasteiger partial charge >= 0.3 is 0 Å². The molecule has 0 saturated heterocycles. The lowest BCUT2D eigenvalue weighted by atomic mass is 9.63. The minimum absolute atomic E-state index is 0.277. The summed E-state index contributed by atoms with van der Waals surface area (Å²) in [5.41, 5.74) is 3.45. The van der Waals surface area contributed by atoms with E-state index in [0.717, 1.165) is 24.7 Å². The number of Topliss-reactive ketones (excluding diaryl/α,β-unsaturated/α-hetero) is 1. The average Bonchev–Trinajstić information content (AvgIpc) is 2.80. The summed E-state index contributed by atoms with van der Waals surface area (Å²) in [6, 6.07) is 0. The van der Waals surface area contributed by atoms with E-state index in [1.165, 1.54) is 38.5 Å². The zero-order chi connectivity index (χ0) is 12.1. The van der Waals surface area contributed by atoms with Gasteiger partial charge in [-0.05, 0) is 61.9 Å². The van der Waals surface area contributed by atoms with Crippen LogP contribution in [0.4, 0.5) is 0 Å². The molecular formula is C17H22O. The highest BCUT2D eigenvalue weighted by Crippen LogP contribution is 2.51. The standard InChI is InChI=1S/C17H22O/c18-17-10-9-15-14-6-5-11-3-1-2-4-12(11)13(14)7-8-16(15)17/h7-8,11,14-16H,1-6,9-10H2. The molecule has 0 N–H and O–H groups in total. The van der Waals surface area contributed by atoms with Gasteiger partial charge < -0.3 is 0 Å². The number of fused-ring (bicyclic) bond motifs is 4. The van der Waals surface area contributed by atoms with Crippen LogP contribution in [0, 0.1) is 23.7 Å². The van der Waals surface area contributed by atoms with Crippen molar-refractivity contribution in [2.75, 3.05) is 0 Å². The highest BCUT2D eigenvalue weighted by Gasteiger charge is 2.44. The number of ketones is 1. The summed E-state index contributed by atoms with van der Waals surface area (Å²) >= 11 is 0. The fraction of sp³-hybridized carbons (Fsp3) is 0.706. The van der Waals surface area contributed by atoms with Gasteiger partial charge in [-0.1, -0.05) is 24.1 Å². The summed E-state index contributed by atoms with van der Waals surface area (Å²) in [5.74, 6) is 3.07. The van der Waals surface area contributed by atoms with Crippen LogP contribution in [0.1, 0.15) is 51.4 Å². The third-order valence-electron chi connectivity index (χ3n) is 5.89. The minimum atomic E-state index is 0.277. The zero-order valence-corrected chi connectivity index (χ0v) is 11.0. The van der Waals surface area contributed by atoms with Gasteiger partial charge in [-0.3, -0.25) is 4.79 Å². The molecule has 4 aliphatic rings. The smallest absolute Gasteiger partial charge is 0.140 e. The second kappa shape index (κ2) is 4.08. The monoisotopic (exact) mass is 242 g/mol. The first-order chi connectivity index (χ1) is 8.84. The molecule has 96 valence electrons. The number of carbonyl (C=O) groups is 1. The molecule has 0 heterocycles. The van der Waals surface area contributed by atoms with Crippen molar-refractivity contribution in [1.82, 2.24) is 0 Å². The van der Waals surface area contributed by atoms with Crippen LogP contribution in [0.15, 0.2) is 23.3 Å². The highest BCUT2D eigenvalue weighted by atomic mass is 16.1. The van der Waals surface area contributed by atoms with Gasteiger partial charge in [-0.15, -0.1) is 0 Å². The Kier molecular flexibility index (Phi) is 2.50. The Labute approximate surface area is 109 Å². The average molecular weight is 242 g/mol. The predicted molar refractivity (Wildman–Crippen MR) is 72.1 cm³/mol. The van der Waals surface area contributed by atoms with Crippen molar-refractivity contribution in [3.8, 4) is 0 Å². The van der Waals surface area contributed by atoms with Gasteiger partial charge in [0.15, 0.2) is 0 Å². The lowest BCUT2D eigenvalue weighted by Gasteiger charge is -2.41. The van der Waals surface area contributed by atoms with E-state index >= 15 is 0 Å². The molecule has 0 aromatic carbocycles. The molecule has 0 radical (unpaired) electrons. The van der Waals surface area contributed by atoms with Gasteiger partial charge in [0.2, 0.25) is 0 Å². The van der Waals surface area contributed by atoms with Gasteiger partial charge in [0.25, 0.3) is 0 Å². The fourth-order valence-corrected chi connectivity index (χ4v) is 5.04. The van der Waals surface area contributed by atoms with E-state index in [-0.39, 0.29) is 5.92 Å². The number of rotatable bonds is 0. The lowest BCUT2D eigenvalue weighted by Crippen LogP contribution is -2.31. The van der Waals surface area contributed by atoms with E-state index in [9.17, 15) is 4.79 Å². The number of hydrogen-bond acceptors (Lipinski definition) is 1. The summed E-state index contributed by atoms with van der Waals surface area (Å²) in [4.78, 5) is 11.9. The Hall–Kier alpha value is -0.850. The predicted octanol–water partition coefficient (Wildman–Crippen LogP) is 4.05. The molecule has 1 nitrogen and oxygen atoms in total. The van der Waals surface area contributed by atoms with E-state index in [1.54, 1.807) is 11.1 Å². The van der Waals surface area contributed by atoms with Crippen LogP contribution >= 0.6 is 0 Å². The van der Waals surface area contributed by atoms with Crippen molar-refractivity contribution in [3.05, 3.63) is 23.3 Å². The molecule has 2 saturated carbocycles. The summed E-state index contributed by atoms with van der Waals surface area (Å²) in [5, 5.41) is 0.